The van der Waals surface area contributed by atoms with Crippen LogP contribution in [0.1, 0.15) is 11.1 Å². The SMILES string of the molecule is O=C(CCl)Cc1ccccc1CCl. The van der Waals surface area contributed by atoms with Crippen molar-refractivity contribution in [2.24, 2.45) is 0 Å². The number of carbonyl (C=O) groups excluding carboxylic acids is 1. The summed E-state index contributed by atoms with van der Waals surface area (Å²) in [7, 11) is 0. The molecule has 1 aromatic rings. The Morgan fingerprint density at radius 3 is 2.31 bits per heavy atom. The highest BCUT2D eigenvalue weighted by Gasteiger charge is 2.05. The molecule has 0 heterocycles. The molecule has 0 amide bonds. The lowest BCUT2D eigenvalue weighted by atomic mass is 10.0. The van der Waals surface area contributed by atoms with Crippen LogP contribution in [0.2, 0.25) is 0 Å². The molecule has 0 atom stereocenters. The van der Waals surface area contributed by atoms with Crippen molar-refractivity contribution in [1.82, 2.24) is 0 Å². The summed E-state index contributed by atoms with van der Waals surface area (Å²) in [6.45, 7) is 0. The molecular formula is C10H10Cl2O. The molecule has 0 N–H and O–H groups in total. The molecule has 0 bridgehead atoms. The fourth-order valence-corrected chi connectivity index (χ4v) is 1.48. The van der Waals surface area contributed by atoms with Gasteiger partial charge in [0.25, 0.3) is 0 Å². The summed E-state index contributed by atoms with van der Waals surface area (Å²) in [5, 5.41) is 0. The van der Waals surface area contributed by atoms with Crippen LogP contribution in [-0.2, 0) is 17.1 Å². The Kier molecular flexibility index (Phi) is 4.26. The van der Waals surface area contributed by atoms with Crippen molar-refractivity contribution >= 4 is 29.0 Å². The average molecular weight is 217 g/mol. The minimum Gasteiger partial charge on any atom is -0.298 e. The normalized spacial score (nSPS) is 10.0. The molecule has 0 aliphatic rings. The summed E-state index contributed by atoms with van der Waals surface area (Å²) in [5.41, 5.74) is 1.98. The molecule has 0 aliphatic carbocycles. The first-order valence-corrected chi connectivity index (χ1v) is 5.05. The van der Waals surface area contributed by atoms with Crippen molar-refractivity contribution in [2.75, 3.05) is 5.88 Å². The van der Waals surface area contributed by atoms with Gasteiger partial charge < -0.3 is 0 Å². The number of hydrogen-bond donors (Lipinski definition) is 0. The van der Waals surface area contributed by atoms with Gasteiger partial charge in [0.05, 0.1) is 5.88 Å². The topological polar surface area (TPSA) is 17.1 Å². The molecule has 13 heavy (non-hydrogen) atoms. The van der Waals surface area contributed by atoms with Gasteiger partial charge in [-0.15, -0.1) is 23.2 Å². The first-order chi connectivity index (χ1) is 6.27. The zero-order valence-corrected chi connectivity index (χ0v) is 8.61. The van der Waals surface area contributed by atoms with E-state index >= 15 is 0 Å². The number of ketones is 1. The molecule has 1 aromatic carbocycles. The number of rotatable bonds is 4. The largest absolute Gasteiger partial charge is 0.298 e. The standard InChI is InChI=1S/C10H10Cl2O/c11-6-9-4-2-1-3-8(9)5-10(13)7-12/h1-4H,5-7H2. The van der Waals surface area contributed by atoms with Gasteiger partial charge in [-0.05, 0) is 11.1 Å². The Morgan fingerprint density at radius 2 is 1.77 bits per heavy atom. The van der Waals surface area contributed by atoms with Gasteiger partial charge in [-0.3, -0.25) is 4.79 Å². The summed E-state index contributed by atoms with van der Waals surface area (Å²) in [5.74, 6) is 0.529. The van der Waals surface area contributed by atoms with E-state index < -0.39 is 0 Å². The summed E-state index contributed by atoms with van der Waals surface area (Å²) >= 11 is 11.1. The number of benzene rings is 1. The summed E-state index contributed by atoms with van der Waals surface area (Å²) in [6, 6.07) is 7.63. The van der Waals surface area contributed by atoms with Crippen LogP contribution >= 0.6 is 23.2 Å². The van der Waals surface area contributed by atoms with Gasteiger partial charge in [-0.25, -0.2) is 0 Å². The van der Waals surface area contributed by atoms with E-state index in [0.717, 1.165) is 11.1 Å². The van der Waals surface area contributed by atoms with Crippen LogP contribution in [-0.4, -0.2) is 11.7 Å². The van der Waals surface area contributed by atoms with Gasteiger partial charge in [-0.2, -0.15) is 0 Å². The highest BCUT2D eigenvalue weighted by molar-refractivity contribution is 6.27. The number of Topliss-reactive ketones (excluding diaryl/α,β-unsaturated/α-hetero) is 1. The van der Waals surface area contributed by atoms with E-state index in [1.807, 2.05) is 24.3 Å². The van der Waals surface area contributed by atoms with Gasteiger partial charge >= 0.3 is 0 Å². The molecule has 0 radical (unpaired) electrons. The third kappa shape index (κ3) is 3.02. The Labute approximate surface area is 87.7 Å². The lowest BCUT2D eigenvalue weighted by molar-refractivity contribution is -0.116. The average Bonchev–Trinajstić information content (AvgIpc) is 2.18. The molecular weight excluding hydrogens is 207 g/mol. The van der Waals surface area contributed by atoms with Crippen molar-refractivity contribution in [3.8, 4) is 0 Å². The van der Waals surface area contributed by atoms with Gasteiger partial charge in [0, 0.05) is 12.3 Å². The van der Waals surface area contributed by atoms with Gasteiger partial charge in [-0.1, -0.05) is 24.3 Å². The van der Waals surface area contributed by atoms with Crippen LogP contribution in [0.15, 0.2) is 24.3 Å². The van der Waals surface area contributed by atoms with E-state index in [4.69, 9.17) is 23.2 Å². The molecule has 0 saturated carbocycles. The van der Waals surface area contributed by atoms with E-state index in [1.165, 1.54) is 0 Å². The highest BCUT2D eigenvalue weighted by atomic mass is 35.5. The summed E-state index contributed by atoms with van der Waals surface area (Å²) in [6.07, 6.45) is 0.381. The van der Waals surface area contributed by atoms with Gasteiger partial charge in [0.1, 0.15) is 0 Å². The molecule has 1 rings (SSSR count). The summed E-state index contributed by atoms with van der Waals surface area (Å²) in [4.78, 5) is 11.1. The number of carbonyl (C=O) groups is 1. The van der Waals surface area contributed by atoms with Gasteiger partial charge in [0.15, 0.2) is 5.78 Å². The lowest BCUT2D eigenvalue weighted by Gasteiger charge is -2.04. The second kappa shape index (κ2) is 5.25. The molecule has 0 aromatic heterocycles. The Bertz CT molecular complexity index is 297. The second-order valence-corrected chi connectivity index (χ2v) is 3.29. The highest BCUT2D eigenvalue weighted by Crippen LogP contribution is 2.12. The van der Waals surface area contributed by atoms with E-state index in [1.54, 1.807) is 0 Å². The predicted octanol–water partition coefficient (Wildman–Crippen LogP) is 2.78. The molecule has 0 fully saturated rings. The lowest BCUT2D eigenvalue weighted by Crippen LogP contribution is -2.05. The predicted molar refractivity (Wildman–Crippen MR) is 55.4 cm³/mol. The van der Waals surface area contributed by atoms with Crippen molar-refractivity contribution in [1.29, 1.82) is 0 Å². The first-order valence-electron chi connectivity index (χ1n) is 3.98. The molecule has 1 nitrogen and oxygen atoms in total. The van der Waals surface area contributed by atoms with Crippen LogP contribution in [0.4, 0.5) is 0 Å². The quantitative estimate of drug-likeness (QED) is 0.708. The number of halogens is 2. The molecule has 70 valence electrons. The molecule has 3 heteroatoms. The monoisotopic (exact) mass is 216 g/mol. The maximum atomic E-state index is 11.1. The van der Waals surface area contributed by atoms with Crippen LogP contribution in [0.25, 0.3) is 0 Å². The van der Waals surface area contributed by atoms with E-state index in [9.17, 15) is 4.79 Å². The third-order valence-corrected chi connectivity index (χ3v) is 2.39. The number of hydrogen-bond acceptors (Lipinski definition) is 1. The van der Waals surface area contributed by atoms with Crippen LogP contribution in [0, 0.1) is 0 Å². The maximum Gasteiger partial charge on any atom is 0.151 e. The zero-order valence-electron chi connectivity index (χ0n) is 7.09. The molecule has 0 aliphatic heterocycles. The van der Waals surface area contributed by atoms with Crippen molar-refractivity contribution in [3.63, 3.8) is 0 Å². The van der Waals surface area contributed by atoms with Crippen LogP contribution < -0.4 is 0 Å². The molecule has 0 unspecified atom stereocenters. The minimum atomic E-state index is 0.0271. The molecule has 0 saturated heterocycles. The van der Waals surface area contributed by atoms with Crippen LogP contribution in [0.3, 0.4) is 0 Å². The second-order valence-electron chi connectivity index (χ2n) is 2.75. The van der Waals surface area contributed by atoms with E-state index in [-0.39, 0.29) is 11.7 Å². The minimum absolute atomic E-state index is 0.0271. The van der Waals surface area contributed by atoms with E-state index in [0.29, 0.717) is 12.3 Å². The fourth-order valence-electron chi connectivity index (χ4n) is 1.12. The van der Waals surface area contributed by atoms with Crippen molar-refractivity contribution in [3.05, 3.63) is 35.4 Å². The smallest absolute Gasteiger partial charge is 0.151 e. The summed E-state index contributed by atoms with van der Waals surface area (Å²) < 4.78 is 0. The third-order valence-electron chi connectivity index (χ3n) is 1.80. The van der Waals surface area contributed by atoms with Crippen LogP contribution in [0.5, 0.6) is 0 Å². The number of alkyl halides is 2. The van der Waals surface area contributed by atoms with E-state index in [2.05, 4.69) is 0 Å². The first kappa shape index (κ1) is 10.6. The fraction of sp³-hybridized carbons (Fsp3) is 0.300. The Hall–Kier alpha value is -0.530. The Morgan fingerprint density at radius 1 is 1.15 bits per heavy atom. The molecule has 0 spiro atoms. The maximum absolute atomic E-state index is 11.1. The van der Waals surface area contributed by atoms with Gasteiger partial charge in [0.2, 0.25) is 0 Å². The van der Waals surface area contributed by atoms with Crippen molar-refractivity contribution < 1.29 is 4.79 Å². The zero-order chi connectivity index (χ0) is 9.68. The Balaban J connectivity index is 2.81. The van der Waals surface area contributed by atoms with Crippen molar-refractivity contribution in [2.45, 2.75) is 12.3 Å².